The van der Waals surface area contributed by atoms with Crippen molar-refractivity contribution in [3.8, 4) is 17.2 Å². The number of nitrogens with one attached hydrogen (secondary N) is 1. The van der Waals surface area contributed by atoms with Crippen LogP contribution < -0.4 is 139 Å². The minimum absolute atomic E-state index is 0. The number of fused-ring (bicyclic) bond motifs is 2. The third-order valence-electron chi connectivity index (χ3n) is 6.80. The maximum atomic E-state index is 13.9. The number of anilines is 2. The van der Waals surface area contributed by atoms with Crippen LogP contribution in [0.2, 0.25) is 5.02 Å². The molecule has 0 unspecified atom stereocenters. The van der Waals surface area contributed by atoms with E-state index in [9.17, 15) is 71.6 Å². The summed E-state index contributed by atoms with van der Waals surface area (Å²) in [5.74, 6) is -5.07. The van der Waals surface area contributed by atoms with Crippen molar-refractivity contribution in [1.29, 1.82) is 0 Å². The Morgan fingerprint density at radius 3 is 1.76 bits per heavy atom. The van der Waals surface area contributed by atoms with Crippen molar-refractivity contribution in [3.05, 3.63) is 53.2 Å². The fraction of sp³-hybridized carbons (Fsp3) is 0.0400. The summed E-state index contributed by atoms with van der Waals surface area (Å²) in [5, 5.41) is 44.2. The van der Waals surface area contributed by atoms with Gasteiger partial charge in [0, 0.05) is 21.8 Å². The van der Waals surface area contributed by atoms with E-state index in [1.807, 2.05) is 0 Å². The van der Waals surface area contributed by atoms with Gasteiger partial charge in [-0.3, -0.25) is 13.7 Å². The minimum Gasteiger partial charge on any atom is -0.872 e. The number of aryl methyl sites for hydroxylation is 1. The second kappa shape index (κ2) is 18.6. The van der Waals surface area contributed by atoms with Gasteiger partial charge in [0.15, 0.2) is 5.82 Å². The van der Waals surface area contributed by atoms with Gasteiger partial charge < -0.3 is 25.2 Å². The van der Waals surface area contributed by atoms with Crippen LogP contribution in [0, 0.1) is 13.0 Å². The van der Waals surface area contributed by atoms with E-state index in [2.05, 4.69) is 25.5 Å². The second-order valence-corrected chi connectivity index (χ2v) is 16.1. The normalized spacial score (nSPS) is 12.1. The van der Waals surface area contributed by atoms with E-state index in [-0.39, 0.29) is 141 Å². The van der Waals surface area contributed by atoms with Crippen LogP contribution in [0.1, 0.15) is 5.69 Å². The Balaban J connectivity index is 0.00000378. The number of benzene rings is 4. The van der Waals surface area contributed by atoms with Crippen molar-refractivity contribution in [2.45, 2.75) is 26.5 Å². The van der Waals surface area contributed by atoms with Gasteiger partial charge >= 0.3 is 124 Å². The Hall–Kier alpha value is -0.860. The molecule has 0 amide bonds. The van der Waals surface area contributed by atoms with E-state index in [0.717, 1.165) is 6.07 Å². The number of hydrogen-bond donors (Lipinski definition) is 4. The summed E-state index contributed by atoms with van der Waals surface area (Å²) >= 11 is 6.06. The van der Waals surface area contributed by atoms with Gasteiger partial charge in [-0.25, -0.2) is 13.4 Å². The van der Waals surface area contributed by atoms with Crippen molar-refractivity contribution in [2.75, 3.05) is 5.32 Å². The molecule has 0 atom stereocenters. The summed E-state index contributed by atoms with van der Waals surface area (Å²) < 4.78 is 152. The van der Waals surface area contributed by atoms with Gasteiger partial charge in [0.2, 0.25) is 0 Å². The monoisotopic (exact) mass is 897 g/mol. The molecule has 270 valence electrons. The minimum atomic E-state index is -5.49. The van der Waals surface area contributed by atoms with Crippen LogP contribution in [0.4, 0.5) is 27.3 Å². The van der Waals surface area contributed by atoms with Crippen LogP contribution in [-0.4, -0.2) is 61.9 Å². The van der Waals surface area contributed by atoms with E-state index >= 15 is 0 Å². The molecular formula is C25H13ClFN5Na4O15S4. The van der Waals surface area contributed by atoms with Crippen molar-refractivity contribution in [1.82, 2.24) is 9.97 Å². The number of nitrogens with zero attached hydrogens (tertiary/aromatic N) is 4. The molecule has 0 spiro atoms. The number of aromatic nitrogens is 2. The van der Waals surface area contributed by atoms with Gasteiger partial charge in [-0.1, -0.05) is 34.9 Å². The first-order chi connectivity index (χ1) is 23.3. The van der Waals surface area contributed by atoms with E-state index in [4.69, 9.17) is 11.6 Å². The maximum absolute atomic E-state index is 13.9. The summed E-state index contributed by atoms with van der Waals surface area (Å²) in [5.41, 5.74) is -2.92. The molecule has 0 aliphatic rings. The van der Waals surface area contributed by atoms with Crippen molar-refractivity contribution >= 4 is 96.5 Å². The summed E-state index contributed by atoms with van der Waals surface area (Å²) in [4.78, 5) is 1.57. The fourth-order valence-corrected chi connectivity index (χ4v) is 7.50. The quantitative estimate of drug-likeness (QED) is 0.0486. The van der Waals surface area contributed by atoms with Crippen molar-refractivity contribution in [2.24, 2.45) is 10.2 Å². The first kappa shape index (κ1) is 52.2. The molecular weight excluding hydrogens is 885 g/mol. The van der Waals surface area contributed by atoms with Gasteiger partial charge in [0.05, 0.1) is 22.0 Å². The zero-order chi connectivity index (χ0) is 38.2. The Kier molecular flexibility index (Phi) is 17.6. The Labute approximate surface area is 403 Å². The topological polar surface area (TPSA) is 352 Å². The number of azo groups is 1. The molecule has 0 radical (unpaired) electrons. The third kappa shape index (κ3) is 11.1. The molecule has 30 heteroatoms. The molecule has 1 heterocycles. The van der Waals surface area contributed by atoms with Gasteiger partial charge in [0.25, 0.3) is 30.4 Å². The Morgan fingerprint density at radius 1 is 0.709 bits per heavy atom. The van der Waals surface area contributed by atoms with E-state index in [0.29, 0.717) is 18.2 Å². The summed E-state index contributed by atoms with van der Waals surface area (Å²) in [6.45, 7) is 1.27. The first-order valence-corrected chi connectivity index (χ1v) is 19.0. The van der Waals surface area contributed by atoms with Gasteiger partial charge in [-0.15, -0.1) is 0 Å². The largest absolute Gasteiger partial charge is 1.00 e. The SMILES string of the molecule is Cc1nc(F)nc(Nc2cc(S(=O)(=O)O)c3c([O-])c(N=Nc4c([O-])cc(S(=O)(=O)O)c5cc(S(=O)(=O)[O-])cc([O-])c45)cc(S(=O)(=O)O)c3c2)c1Cl.[Na+].[Na+].[Na+].[Na+]. The van der Waals surface area contributed by atoms with Crippen LogP contribution in [0.25, 0.3) is 21.5 Å². The Morgan fingerprint density at radius 2 is 1.24 bits per heavy atom. The van der Waals surface area contributed by atoms with Crippen LogP contribution in [0.3, 0.4) is 0 Å². The molecule has 1 aromatic heterocycles. The molecule has 0 saturated carbocycles. The molecule has 0 saturated heterocycles. The molecule has 0 bridgehead atoms. The van der Waals surface area contributed by atoms with Crippen LogP contribution >= 0.6 is 11.6 Å². The molecule has 20 nitrogen and oxygen atoms in total. The second-order valence-electron chi connectivity index (χ2n) is 10.1. The van der Waals surface area contributed by atoms with Gasteiger partial charge in [-0.05, 0) is 42.6 Å². The van der Waals surface area contributed by atoms with Crippen molar-refractivity contribution < 1.29 is 190 Å². The summed E-state index contributed by atoms with van der Waals surface area (Å²) in [6, 6.07) is 2.28. The molecule has 0 fully saturated rings. The van der Waals surface area contributed by atoms with Crippen LogP contribution in [-0.2, 0) is 40.5 Å². The first-order valence-electron chi connectivity index (χ1n) is 12.9. The standard InChI is InChI=1S/C25H17ClFN5O15S4.4Na/c1-8-21(26)24(30-25(27)28-8)29-9-2-11-16(49(39,40)41)6-13(23(35)20(11)18(3-9)51(45,46)47)31-32-22-15(34)7-17(50(42,43)44)12-4-10(48(36,37)38)5-14(33)19(12)22;;;;/h2-7,33-35H,1H3,(H,28,29,30)(H,36,37,38)(H,39,40,41)(H,42,43,44)(H,45,46,47);;;;/q;4*+1/p-4. The summed E-state index contributed by atoms with van der Waals surface area (Å²) in [7, 11) is -21.8. The molecule has 4 N–H and O–H groups in total. The maximum Gasteiger partial charge on any atom is 1.00 e. The third-order valence-corrected chi connectivity index (χ3v) is 10.7. The van der Waals surface area contributed by atoms with Gasteiger partial charge in [0.1, 0.15) is 29.8 Å². The number of halogens is 2. The van der Waals surface area contributed by atoms with Crippen LogP contribution in [0.5, 0.6) is 17.2 Å². The Bertz CT molecular complexity index is 2880. The summed E-state index contributed by atoms with van der Waals surface area (Å²) in [6.07, 6.45) is -1.30. The van der Waals surface area contributed by atoms with Crippen molar-refractivity contribution in [3.63, 3.8) is 0 Å². The average molecular weight is 898 g/mol. The molecule has 55 heavy (non-hydrogen) atoms. The fourth-order valence-electron chi connectivity index (χ4n) is 4.73. The molecule has 5 aromatic rings. The number of rotatable bonds is 8. The predicted molar refractivity (Wildman–Crippen MR) is 163 cm³/mol. The van der Waals surface area contributed by atoms with E-state index in [1.165, 1.54) is 6.92 Å². The number of hydrogen-bond acceptors (Lipinski definition) is 17. The molecule has 0 aliphatic carbocycles. The zero-order valence-electron chi connectivity index (χ0n) is 28.4. The molecule has 0 aliphatic heterocycles. The van der Waals surface area contributed by atoms with E-state index in [1.54, 1.807) is 0 Å². The van der Waals surface area contributed by atoms with Crippen LogP contribution in [0.15, 0.2) is 66.2 Å². The zero-order valence-corrected chi connectivity index (χ0v) is 40.4. The average Bonchev–Trinajstić information content (AvgIpc) is 2.97. The molecule has 4 aromatic carbocycles. The predicted octanol–water partition coefficient (Wildman–Crippen LogP) is -10.1. The van der Waals surface area contributed by atoms with Gasteiger partial charge in [-0.2, -0.15) is 44.9 Å². The smallest absolute Gasteiger partial charge is 0.872 e. The van der Waals surface area contributed by atoms with E-state index < -0.39 is 128 Å². The molecule has 5 rings (SSSR count).